The molecule has 2 aliphatic heterocycles. The fourth-order valence-electron chi connectivity index (χ4n) is 2.23. The van der Waals surface area contributed by atoms with Gasteiger partial charge in [0.1, 0.15) is 12.2 Å². The third-order valence-electron chi connectivity index (χ3n) is 3.50. The topological polar surface area (TPSA) is 76.2 Å². The zero-order valence-electron chi connectivity index (χ0n) is 10.7. The highest BCUT2D eigenvalue weighted by atomic mass is 16.6. The van der Waals surface area contributed by atoms with E-state index >= 15 is 0 Å². The molecule has 18 heavy (non-hydrogen) atoms. The van der Waals surface area contributed by atoms with Gasteiger partial charge >= 0.3 is 12.2 Å². The largest absolute Gasteiger partial charge is 0.444 e. The van der Waals surface area contributed by atoms with Gasteiger partial charge in [-0.1, -0.05) is 0 Å². The highest BCUT2D eigenvalue weighted by Gasteiger charge is 2.49. The molecule has 3 unspecified atom stereocenters. The van der Waals surface area contributed by atoms with Gasteiger partial charge < -0.3 is 9.47 Å². The first-order chi connectivity index (χ1) is 8.34. The molecule has 7 nitrogen and oxygen atoms in total. The third-order valence-corrected chi connectivity index (χ3v) is 3.50. The summed E-state index contributed by atoms with van der Waals surface area (Å²) in [6.45, 7) is 5.08. The third kappa shape index (κ3) is 1.70. The molecule has 0 radical (unpaired) electrons. The molecule has 100 valence electrons. The quantitative estimate of drug-likeness (QED) is 0.686. The van der Waals surface area contributed by atoms with E-state index in [1.165, 1.54) is 11.9 Å². The summed E-state index contributed by atoms with van der Waals surface area (Å²) in [5.41, 5.74) is 0. The van der Waals surface area contributed by atoms with Crippen molar-refractivity contribution in [2.24, 2.45) is 0 Å². The summed E-state index contributed by atoms with van der Waals surface area (Å²) in [5, 5.41) is 0. The van der Waals surface area contributed by atoms with Crippen LogP contribution >= 0.6 is 0 Å². The minimum absolute atomic E-state index is 0.346. The lowest BCUT2D eigenvalue weighted by Crippen LogP contribution is -2.51. The van der Waals surface area contributed by atoms with Crippen molar-refractivity contribution in [2.75, 3.05) is 7.05 Å². The maximum Gasteiger partial charge on any atom is 0.417 e. The number of hydrogen-bond donors (Lipinski definition) is 0. The zero-order chi connectivity index (χ0) is 13.6. The molecule has 2 fully saturated rings. The van der Waals surface area contributed by atoms with E-state index in [-0.39, 0.29) is 12.1 Å². The summed E-state index contributed by atoms with van der Waals surface area (Å²) in [6.07, 6.45) is -2.15. The molecule has 0 aromatic carbocycles. The normalized spacial score (nSPS) is 35.8. The van der Waals surface area contributed by atoms with Gasteiger partial charge in [-0.25, -0.2) is 14.5 Å². The SMILES string of the molecule is CC1OC(=O)N(C)C1C(=O)N1C(=O)OC(C)[C@H]1C. The van der Waals surface area contributed by atoms with E-state index in [1.807, 2.05) is 0 Å². The molecule has 3 amide bonds. The molecule has 0 aromatic heterocycles. The zero-order valence-corrected chi connectivity index (χ0v) is 10.7. The van der Waals surface area contributed by atoms with Gasteiger partial charge in [0.2, 0.25) is 0 Å². The average molecular weight is 256 g/mol. The predicted molar refractivity (Wildman–Crippen MR) is 59.7 cm³/mol. The van der Waals surface area contributed by atoms with Gasteiger partial charge in [-0.05, 0) is 20.8 Å². The number of ether oxygens (including phenoxy) is 2. The number of nitrogens with zero attached hydrogens (tertiary/aromatic N) is 2. The molecule has 2 heterocycles. The lowest BCUT2D eigenvalue weighted by Gasteiger charge is -2.24. The minimum Gasteiger partial charge on any atom is -0.444 e. The van der Waals surface area contributed by atoms with Crippen molar-refractivity contribution >= 4 is 18.1 Å². The molecule has 4 atom stereocenters. The van der Waals surface area contributed by atoms with E-state index in [0.29, 0.717) is 0 Å². The Morgan fingerprint density at radius 2 is 1.61 bits per heavy atom. The number of rotatable bonds is 1. The summed E-state index contributed by atoms with van der Waals surface area (Å²) in [6, 6.07) is -1.13. The van der Waals surface area contributed by atoms with Gasteiger partial charge in [-0.3, -0.25) is 9.69 Å². The second-order valence-electron chi connectivity index (χ2n) is 4.68. The number of cyclic esters (lactones) is 2. The fraction of sp³-hybridized carbons (Fsp3) is 0.727. The number of carbonyl (C=O) groups is 3. The summed E-state index contributed by atoms with van der Waals surface area (Å²) in [7, 11) is 1.48. The van der Waals surface area contributed by atoms with Gasteiger partial charge in [0, 0.05) is 7.05 Å². The smallest absolute Gasteiger partial charge is 0.417 e. The van der Waals surface area contributed by atoms with Crippen LogP contribution in [0.3, 0.4) is 0 Å². The van der Waals surface area contributed by atoms with Crippen molar-refractivity contribution in [3.63, 3.8) is 0 Å². The van der Waals surface area contributed by atoms with E-state index in [0.717, 1.165) is 4.90 Å². The maximum atomic E-state index is 12.3. The van der Waals surface area contributed by atoms with Crippen LogP contribution in [0.25, 0.3) is 0 Å². The van der Waals surface area contributed by atoms with Crippen molar-refractivity contribution in [1.29, 1.82) is 0 Å². The summed E-state index contributed by atoms with van der Waals surface area (Å²) >= 11 is 0. The summed E-state index contributed by atoms with van der Waals surface area (Å²) in [5.74, 6) is -0.460. The summed E-state index contributed by atoms with van der Waals surface area (Å²) in [4.78, 5) is 37.6. The lowest BCUT2D eigenvalue weighted by atomic mass is 10.1. The van der Waals surface area contributed by atoms with E-state index in [9.17, 15) is 14.4 Å². The van der Waals surface area contributed by atoms with E-state index in [1.54, 1.807) is 20.8 Å². The minimum atomic E-state index is -0.780. The van der Waals surface area contributed by atoms with Crippen LogP contribution in [0.1, 0.15) is 20.8 Å². The van der Waals surface area contributed by atoms with Crippen LogP contribution in [-0.2, 0) is 14.3 Å². The van der Waals surface area contributed by atoms with Crippen molar-refractivity contribution in [3.05, 3.63) is 0 Å². The Hall–Kier alpha value is -1.79. The Kier molecular flexibility index (Phi) is 2.92. The van der Waals surface area contributed by atoms with Gasteiger partial charge in [0.25, 0.3) is 5.91 Å². The van der Waals surface area contributed by atoms with Gasteiger partial charge in [0.05, 0.1) is 6.04 Å². The van der Waals surface area contributed by atoms with Crippen LogP contribution in [0.2, 0.25) is 0 Å². The molecule has 2 aliphatic rings. The Morgan fingerprint density at radius 3 is 2.00 bits per heavy atom. The Morgan fingerprint density at radius 1 is 1.06 bits per heavy atom. The summed E-state index contributed by atoms with van der Waals surface area (Å²) < 4.78 is 9.94. The van der Waals surface area contributed by atoms with Crippen LogP contribution in [0.4, 0.5) is 9.59 Å². The number of hydrogen-bond acceptors (Lipinski definition) is 5. The molecule has 7 heteroatoms. The standard InChI is InChI=1S/C11H16N2O5/c1-5-6(2)17-11(16)13(5)9(14)8-7(3)18-10(15)12(8)4/h5-8H,1-4H3/t5-,6?,7?,8?/m1/s1. The van der Waals surface area contributed by atoms with Gasteiger partial charge in [0.15, 0.2) is 6.04 Å². The van der Waals surface area contributed by atoms with Crippen molar-refractivity contribution in [1.82, 2.24) is 9.80 Å². The van der Waals surface area contributed by atoms with E-state index < -0.39 is 30.2 Å². The highest BCUT2D eigenvalue weighted by Crippen LogP contribution is 2.25. The van der Waals surface area contributed by atoms with Crippen LogP contribution in [0.5, 0.6) is 0 Å². The predicted octanol–water partition coefficient (Wildman–Crippen LogP) is 0.581. The molecular formula is C11H16N2O5. The van der Waals surface area contributed by atoms with Crippen LogP contribution in [0, 0.1) is 0 Å². The van der Waals surface area contributed by atoms with Crippen molar-refractivity contribution in [2.45, 2.75) is 45.1 Å². The second-order valence-corrected chi connectivity index (χ2v) is 4.68. The molecule has 2 rings (SSSR count). The number of amides is 3. The molecule has 0 bridgehead atoms. The first kappa shape index (κ1) is 12.7. The molecule has 0 aromatic rings. The van der Waals surface area contributed by atoms with E-state index in [4.69, 9.17) is 9.47 Å². The van der Waals surface area contributed by atoms with Gasteiger partial charge in [-0.15, -0.1) is 0 Å². The molecule has 0 aliphatic carbocycles. The van der Waals surface area contributed by atoms with Crippen LogP contribution < -0.4 is 0 Å². The lowest BCUT2D eigenvalue weighted by molar-refractivity contribution is -0.133. The van der Waals surface area contributed by atoms with Crippen molar-refractivity contribution in [3.8, 4) is 0 Å². The van der Waals surface area contributed by atoms with Gasteiger partial charge in [-0.2, -0.15) is 0 Å². The van der Waals surface area contributed by atoms with E-state index in [2.05, 4.69) is 0 Å². The monoisotopic (exact) mass is 256 g/mol. The first-order valence-corrected chi connectivity index (χ1v) is 5.81. The molecule has 0 N–H and O–H groups in total. The Balaban J connectivity index is 2.22. The average Bonchev–Trinajstić information content (AvgIpc) is 2.66. The Bertz CT molecular complexity index is 410. The fourth-order valence-corrected chi connectivity index (χ4v) is 2.23. The second kappa shape index (κ2) is 4.15. The molecule has 0 spiro atoms. The number of imide groups is 1. The molecular weight excluding hydrogens is 240 g/mol. The molecule has 2 saturated heterocycles. The van der Waals surface area contributed by atoms with Crippen LogP contribution in [0.15, 0.2) is 0 Å². The van der Waals surface area contributed by atoms with Crippen LogP contribution in [-0.4, -0.2) is 59.2 Å². The maximum absolute atomic E-state index is 12.3. The Labute approximate surface area is 105 Å². The molecule has 0 saturated carbocycles. The first-order valence-electron chi connectivity index (χ1n) is 5.81. The highest BCUT2D eigenvalue weighted by molar-refractivity contribution is 5.99. The van der Waals surface area contributed by atoms with Crippen molar-refractivity contribution < 1.29 is 23.9 Å². The number of likely N-dealkylation sites (N-methyl/N-ethyl adjacent to an activating group) is 1. The number of carbonyl (C=O) groups excluding carboxylic acids is 3.